The van der Waals surface area contributed by atoms with Gasteiger partial charge in [-0.2, -0.15) is 0 Å². The average molecular weight is 425 g/mol. The van der Waals surface area contributed by atoms with E-state index in [1.165, 1.54) is 25.7 Å². The Balaban J connectivity index is 1.37. The van der Waals surface area contributed by atoms with Crippen molar-refractivity contribution in [2.24, 2.45) is 11.8 Å². The maximum atomic E-state index is 6.83. The van der Waals surface area contributed by atoms with Crippen LogP contribution in [0.5, 0.6) is 0 Å². The number of rotatable bonds is 8. The van der Waals surface area contributed by atoms with Crippen LogP contribution in [0.4, 0.5) is 0 Å². The van der Waals surface area contributed by atoms with Crippen molar-refractivity contribution in [3.63, 3.8) is 0 Å². The van der Waals surface area contributed by atoms with Crippen molar-refractivity contribution in [3.05, 3.63) is 120 Å². The average Bonchev–Trinajstić information content (AvgIpc) is 3.29. The van der Waals surface area contributed by atoms with Crippen LogP contribution in [0, 0.1) is 11.8 Å². The summed E-state index contributed by atoms with van der Waals surface area (Å²) in [6.45, 7) is 1.16. The van der Waals surface area contributed by atoms with Gasteiger partial charge in [0, 0.05) is 0 Å². The van der Waals surface area contributed by atoms with Gasteiger partial charge in [-0.05, 0) is 54.2 Å². The van der Waals surface area contributed by atoms with Crippen molar-refractivity contribution in [3.8, 4) is 0 Å². The van der Waals surface area contributed by atoms with Crippen molar-refractivity contribution in [2.45, 2.75) is 37.4 Å². The van der Waals surface area contributed by atoms with Gasteiger partial charge in [-0.25, -0.2) is 0 Å². The van der Waals surface area contributed by atoms with Crippen LogP contribution in [0.25, 0.3) is 0 Å². The third-order valence-corrected chi connectivity index (χ3v) is 7.14. The van der Waals surface area contributed by atoms with E-state index in [9.17, 15) is 0 Å². The third kappa shape index (κ3) is 4.30. The first-order chi connectivity index (χ1) is 15.9. The number of fused-ring (bicyclic) bond motifs is 1. The summed E-state index contributed by atoms with van der Waals surface area (Å²) in [5.74, 6) is 1.62. The van der Waals surface area contributed by atoms with Crippen LogP contribution in [0.1, 0.15) is 42.4 Å². The normalized spacial score (nSPS) is 22.6. The Labute approximate surface area is 191 Å². The smallest absolute Gasteiger partial charge is 0.143 e. The lowest BCUT2D eigenvalue weighted by atomic mass is 9.80. The van der Waals surface area contributed by atoms with Crippen LogP contribution in [0.2, 0.25) is 0 Å². The van der Waals surface area contributed by atoms with E-state index in [1.54, 1.807) is 0 Å². The molecule has 0 saturated heterocycles. The number of ether oxygens (including phenoxy) is 2. The first kappa shape index (κ1) is 21.2. The second-order valence-corrected chi connectivity index (χ2v) is 9.05. The minimum Gasteiger partial charge on any atom is -0.376 e. The predicted molar refractivity (Wildman–Crippen MR) is 129 cm³/mol. The Kier molecular flexibility index (Phi) is 6.52. The molecule has 0 unspecified atom stereocenters. The summed E-state index contributed by atoms with van der Waals surface area (Å²) in [6.07, 6.45) is 9.89. The second kappa shape index (κ2) is 9.85. The summed E-state index contributed by atoms with van der Waals surface area (Å²) in [5.41, 5.74) is 2.74. The molecule has 0 aliphatic heterocycles. The molecule has 2 nitrogen and oxygen atoms in total. The van der Waals surface area contributed by atoms with E-state index in [0.717, 1.165) is 28.5 Å². The summed E-state index contributed by atoms with van der Waals surface area (Å²) in [6, 6.07) is 31.7. The molecule has 5 rings (SSSR count). The van der Waals surface area contributed by atoms with Crippen LogP contribution < -0.4 is 0 Å². The van der Waals surface area contributed by atoms with E-state index < -0.39 is 5.60 Å². The van der Waals surface area contributed by atoms with Gasteiger partial charge in [0.2, 0.25) is 0 Å². The van der Waals surface area contributed by atoms with Gasteiger partial charge in [0.1, 0.15) is 5.60 Å². The second-order valence-electron chi connectivity index (χ2n) is 9.05. The number of hydrogen-bond donors (Lipinski definition) is 0. The Morgan fingerprint density at radius 2 is 1.03 bits per heavy atom. The molecule has 0 aromatic heterocycles. The van der Waals surface area contributed by atoms with Gasteiger partial charge >= 0.3 is 0 Å². The topological polar surface area (TPSA) is 18.5 Å². The first-order valence-electron chi connectivity index (χ1n) is 11.9. The zero-order valence-electron chi connectivity index (χ0n) is 18.6. The number of allylic oxidation sites excluding steroid dienone is 2. The van der Waals surface area contributed by atoms with Gasteiger partial charge in [0.15, 0.2) is 0 Å². The largest absolute Gasteiger partial charge is 0.376 e. The molecule has 0 spiro atoms. The van der Waals surface area contributed by atoms with Crippen LogP contribution in [0.15, 0.2) is 103 Å². The van der Waals surface area contributed by atoms with Crippen molar-refractivity contribution in [1.29, 1.82) is 0 Å². The first-order valence-corrected chi connectivity index (χ1v) is 11.9. The molecule has 0 heterocycles. The minimum atomic E-state index is -0.666. The molecule has 3 aromatic carbocycles. The molecule has 32 heavy (non-hydrogen) atoms. The van der Waals surface area contributed by atoms with E-state index in [1.807, 2.05) is 0 Å². The van der Waals surface area contributed by atoms with Gasteiger partial charge in [-0.15, -0.1) is 0 Å². The predicted octanol–water partition coefficient (Wildman–Crippen LogP) is 6.76. The molecule has 2 aliphatic carbocycles. The van der Waals surface area contributed by atoms with Gasteiger partial charge in [-0.1, -0.05) is 103 Å². The summed E-state index contributed by atoms with van der Waals surface area (Å²) >= 11 is 0. The molecule has 3 atom stereocenters. The fourth-order valence-electron chi connectivity index (χ4n) is 5.59. The van der Waals surface area contributed by atoms with Gasteiger partial charge < -0.3 is 9.47 Å². The maximum absolute atomic E-state index is 6.83. The molecular weight excluding hydrogens is 392 g/mol. The molecule has 1 saturated carbocycles. The lowest BCUT2D eigenvalue weighted by Crippen LogP contribution is -2.34. The van der Waals surface area contributed by atoms with Gasteiger partial charge in [0.05, 0.1) is 19.3 Å². The molecule has 1 fully saturated rings. The highest BCUT2D eigenvalue weighted by molar-refractivity contribution is 5.47. The highest BCUT2D eigenvalue weighted by atomic mass is 16.5. The Morgan fingerprint density at radius 1 is 0.594 bits per heavy atom. The molecule has 0 amide bonds. The Bertz CT molecular complexity index is 884. The van der Waals surface area contributed by atoms with Crippen LogP contribution in [-0.2, 0) is 15.1 Å². The summed E-state index contributed by atoms with van der Waals surface area (Å²) in [5, 5.41) is 0. The van der Waals surface area contributed by atoms with Crippen molar-refractivity contribution < 1.29 is 9.47 Å². The summed E-state index contributed by atoms with van der Waals surface area (Å²) in [4.78, 5) is 0. The molecule has 164 valence electrons. The number of benzene rings is 3. The minimum absolute atomic E-state index is 0.369. The lowest BCUT2D eigenvalue weighted by molar-refractivity contribution is -0.0426. The summed E-state index contributed by atoms with van der Waals surface area (Å²) < 4.78 is 13.2. The van der Waals surface area contributed by atoms with Crippen LogP contribution in [0.3, 0.4) is 0 Å². The quantitative estimate of drug-likeness (QED) is 0.226. The molecule has 2 heteroatoms. The highest BCUT2D eigenvalue weighted by Gasteiger charge is 2.38. The Hall–Kier alpha value is -2.68. The standard InChI is InChI=1S/C30H32O2/c1-4-14-26(15-5-1)30(27-16-6-2-7-17-27,28-18-8-3-9-19-28)32-21-20-31-29-22-24-12-10-11-13-25(24)23-29/h1-11,14-19,24-25,29H,12-13,20-23H2/t24-,25+,29-. The molecular formula is C30H32O2. The van der Waals surface area contributed by atoms with E-state index in [-0.39, 0.29) is 0 Å². The third-order valence-electron chi connectivity index (χ3n) is 7.14. The van der Waals surface area contributed by atoms with Gasteiger partial charge in [-0.3, -0.25) is 0 Å². The van der Waals surface area contributed by atoms with Crippen molar-refractivity contribution >= 4 is 0 Å². The monoisotopic (exact) mass is 424 g/mol. The SMILES string of the molecule is C1=CC[C@H]2C[C@H](OCCOC(c3ccccc3)(c3ccccc3)c3ccccc3)C[C@H]2C1. The molecule has 2 aliphatic rings. The molecule has 0 radical (unpaired) electrons. The van der Waals surface area contributed by atoms with Crippen molar-refractivity contribution in [1.82, 2.24) is 0 Å². The fraction of sp³-hybridized carbons (Fsp3) is 0.333. The van der Waals surface area contributed by atoms with E-state index in [0.29, 0.717) is 19.3 Å². The number of hydrogen-bond acceptors (Lipinski definition) is 2. The van der Waals surface area contributed by atoms with Crippen molar-refractivity contribution in [2.75, 3.05) is 13.2 Å². The van der Waals surface area contributed by atoms with Gasteiger partial charge in [0.25, 0.3) is 0 Å². The summed E-state index contributed by atoms with van der Waals surface area (Å²) in [7, 11) is 0. The van der Waals surface area contributed by atoms with E-state index in [4.69, 9.17) is 9.47 Å². The zero-order chi connectivity index (χ0) is 21.6. The van der Waals surface area contributed by atoms with E-state index in [2.05, 4.69) is 103 Å². The van der Waals surface area contributed by atoms with Crippen LogP contribution in [-0.4, -0.2) is 19.3 Å². The maximum Gasteiger partial charge on any atom is 0.143 e. The highest BCUT2D eigenvalue weighted by Crippen LogP contribution is 2.42. The lowest BCUT2D eigenvalue weighted by Gasteiger charge is -2.36. The van der Waals surface area contributed by atoms with Crippen LogP contribution >= 0.6 is 0 Å². The molecule has 0 bridgehead atoms. The molecule has 0 N–H and O–H groups in total. The Morgan fingerprint density at radius 3 is 1.47 bits per heavy atom. The zero-order valence-corrected chi connectivity index (χ0v) is 18.6. The fourth-order valence-corrected chi connectivity index (χ4v) is 5.59. The van der Waals surface area contributed by atoms with E-state index >= 15 is 0 Å². The molecule has 3 aromatic rings.